The Morgan fingerprint density at radius 3 is 2.81 bits per heavy atom. The molecule has 3 N–H and O–H groups in total. The zero-order chi connectivity index (χ0) is 11.8. The number of nitrogens with one attached hydrogen (secondary N) is 1. The van der Waals surface area contributed by atoms with E-state index in [0.29, 0.717) is 6.04 Å². The Balaban J connectivity index is 2.20. The molecule has 90 valence electrons. The first-order chi connectivity index (χ1) is 7.72. The molecule has 0 amide bonds. The topological polar surface area (TPSA) is 50.9 Å². The molecule has 0 saturated carbocycles. The Bertz CT molecular complexity index is 282. The van der Waals surface area contributed by atoms with E-state index in [1.807, 2.05) is 12.1 Å². The fourth-order valence-electron chi connectivity index (χ4n) is 1.62. The Kier molecular flexibility index (Phi) is 5.86. The number of hydrogen-bond acceptors (Lipinski definition) is 3. The number of pyridine rings is 1. The molecule has 0 spiro atoms. The minimum Gasteiger partial charge on any atom is -0.397 e. The van der Waals surface area contributed by atoms with Crippen molar-refractivity contribution in [2.24, 2.45) is 0 Å². The summed E-state index contributed by atoms with van der Waals surface area (Å²) in [5.74, 6) is 0. The van der Waals surface area contributed by atoms with E-state index >= 15 is 0 Å². The minimum absolute atomic E-state index is 0.561. The van der Waals surface area contributed by atoms with Crippen molar-refractivity contribution in [3.8, 4) is 0 Å². The van der Waals surface area contributed by atoms with Crippen LogP contribution in [-0.2, 0) is 6.54 Å². The molecule has 0 saturated heterocycles. The smallest absolute Gasteiger partial charge is 0.0543 e. The number of nitrogens with two attached hydrogens (primary N) is 1. The molecule has 0 aliphatic heterocycles. The van der Waals surface area contributed by atoms with Crippen LogP contribution in [0.5, 0.6) is 0 Å². The van der Waals surface area contributed by atoms with Gasteiger partial charge < -0.3 is 11.1 Å². The van der Waals surface area contributed by atoms with Crippen molar-refractivity contribution in [2.75, 3.05) is 5.73 Å². The molecule has 1 atom stereocenters. The van der Waals surface area contributed by atoms with Crippen LogP contribution in [-0.4, -0.2) is 11.0 Å². The van der Waals surface area contributed by atoms with Gasteiger partial charge in [0.1, 0.15) is 0 Å². The second kappa shape index (κ2) is 7.23. The molecule has 1 unspecified atom stereocenters. The molecule has 0 aromatic carbocycles. The lowest BCUT2D eigenvalue weighted by atomic mass is 10.1. The van der Waals surface area contributed by atoms with Crippen LogP contribution < -0.4 is 11.1 Å². The number of rotatable bonds is 7. The SMILES string of the molecule is CCCCCC(C)NCc1ccc(N)cn1. The van der Waals surface area contributed by atoms with E-state index in [9.17, 15) is 0 Å². The van der Waals surface area contributed by atoms with E-state index in [1.165, 1.54) is 25.7 Å². The molecule has 1 aromatic rings. The average Bonchev–Trinajstić information content (AvgIpc) is 2.29. The predicted molar refractivity (Wildman–Crippen MR) is 69.1 cm³/mol. The summed E-state index contributed by atoms with van der Waals surface area (Å²) in [4.78, 5) is 4.26. The molecule has 0 aliphatic carbocycles. The molecule has 3 nitrogen and oxygen atoms in total. The van der Waals surface area contributed by atoms with E-state index in [2.05, 4.69) is 24.1 Å². The van der Waals surface area contributed by atoms with Crippen LogP contribution in [0.1, 0.15) is 45.2 Å². The maximum Gasteiger partial charge on any atom is 0.0543 e. The third kappa shape index (κ3) is 5.12. The lowest BCUT2D eigenvalue weighted by molar-refractivity contribution is 0.484. The third-order valence-corrected chi connectivity index (χ3v) is 2.72. The Morgan fingerprint density at radius 2 is 2.19 bits per heavy atom. The first-order valence-corrected chi connectivity index (χ1v) is 6.16. The van der Waals surface area contributed by atoms with E-state index < -0.39 is 0 Å². The summed E-state index contributed by atoms with van der Waals surface area (Å²) in [5.41, 5.74) is 7.36. The highest BCUT2D eigenvalue weighted by Gasteiger charge is 2.01. The van der Waals surface area contributed by atoms with Gasteiger partial charge in [0.2, 0.25) is 0 Å². The fraction of sp³-hybridized carbons (Fsp3) is 0.615. The highest BCUT2D eigenvalue weighted by molar-refractivity contribution is 5.34. The predicted octanol–water partition coefficient (Wildman–Crippen LogP) is 2.72. The van der Waals surface area contributed by atoms with Crippen LogP contribution in [0, 0.1) is 0 Å². The van der Waals surface area contributed by atoms with Crippen LogP contribution in [0.15, 0.2) is 18.3 Å². The largest absolute Gasteiger partial charge is 0.397 e. The zero-order valence-corrected chi connectivity index (χ0v) is 10.4. The van der Waals surface area contributed by atoms with Crippen LogP contribution in [0.3, 0.4) is 0 Å². The van der Waals surface area contributed by atoms with Gasteiger partial charge in [0.15, 0.2) is 0 Å². The van der Waals surface area contributed by atoms with Crippen molar-refractivity contribution in [1.29, 1.82) is 0 Å². The number of nitrogen functional groups attached to an aromatic ring is 1. The fourth-order valence-corrected chi connectivity index (χ4v) is 1.62. The van der Waals surface area contributed by atoms with Crippen molar-refractivity contribution >= 4 is 5.69 Å². The summed E-state index contributed by atoms with van der Waals surface area (Å²) < 4.78 is 0. The zero-order valence-electron chi connectivity index (χ0n) is 10.4. The summed E-state index contributed by atoms with van der Waals surface area (Å²) >= 11 is 0. The van der Waals surface area contributed by atoms with E-state index in [1.54, 1.807) is 6.20 Å². The number of nitrogens with zero attached hydrogens (tertiary/aromatic N) is 1. The summed E-state index contributed by atoms with van der Waals surface area (Å²) in [6, 6.07) is 4.43. The molecular formula is C13H23N3. The molecule has 0 bridgehead atoms. The number of anilines is 1. The lowest BCUT2D eigenvalue weighted by Crippen LogP contribution is -2.25. The molecule has 0 radical (unpaired) electrons. The monoisotopic (exact) mass is 221 g/mol. The molecule has 16 heavy (non-hydrogen) atoms. The van der Waals surface area contributed by atoms with Crippen LogP contribution in [0.25, 0.3) is 0 Å². The molecular weight excluding hydrogens is 198 g/mol. The van der Waals surface area contributed by atoms with Gasteiger partial charge in [-0.15, -0.1) is 0 Å². The van der Waals surface area contributed by atoms with Gasteiger partial charge in [0.05, 0.1) is 17.6 Å². The van der Waals surface area contributed by atoms with Gasteiger partial charge in [-0.2, -0.15) is 0 Å². The van der Waals surface area contributed by atoms with Crippen molar-refractivity contribution in [1.82, 2.24) is 10.3 Å². The Morgan fingerprint density at radius 1 is 1.38 bits per heavy atom. The van der Waals surface area contributed by atoms with Crippen LogP contribution in [0.2, 0.25) is 0 Å². The second-order valence-electron chi connectivity index (χ2n) is 4.36. The molecule has 0 fully saturated rings. The molecule has 0 aliphatic rings. The van der Waals surface area contributed by atoms with Gasteiger partial charge in [-0.3, -0.25) is 4.98 Å². The van der Waals surface area contributed by atoms with E-state index in [-0.39, 0.29) is 0 Å². The molecule has 1 rings (SSSR count). The van der Waals surface area contributed by atoms with Gasteiger partial charge in [-0.25, -0.2) is 0 Å². The molecule has 1 heterocycles. The highest BCUT2D eigenvalue weighted by Crippen LogP contribution is 2.05. The Labute approximate surface area is 98.5 Å². The van der Waals surface area contributed by atoms with Crippen molar-refractivity contribution in [2.45, 2.75) is 52.1 Å². The average molecular weight is 221 g/mol. The van der Waals surface area contributed by atoms with Crippen molar-refractivity contribution < 1.29 is 0 Å². The van der Waals surface area contributed by atoms with Gasteiger partial charge in [0.25, 0.3) is 0 Å². The quantitative estimate of drug-likeness (QED) is 0.696. The van der Waals surface area contributed by atoms with Gasteiger partial charge in [-0.05, 0) is 25.5 Å². The second-order valence-corrected chi connectivity index (χ2v) is 4.36. The van der Waals surface area contributed by atoms with Gasteiger partial charge in [-0.1, -0.05) is 26.2 Å². The minimum atomic E-state index is 0.561. The van der Waals surface area contributed by atoms with E-state index in [4.69, 9.17) is 5.73 Å². The molecule has 3 heteroatoms. The third-order valence-electron chi connectivity index (χ3n) is 2.72. The van der Waals surface area contributed by atoms with Crippen molar-refractivity contribution in [3.05, 3.63) is 24.0 Å². The first-order valence-electron chi connectivity index (χ1n) is 6.16. The number of unbranched alkanes of at least 4 members (excludes halogenated alkanes) is 2. The summed E-state index contributed by atoms with van der Waals surface area (Å²) in [6.07, 6.45) is 6.86. The molecule has 1 aromatic heterocycles. The van der Waals surface area contributed by atoms with Crippen LogP contribution >= 0.6 is 0 Å². The Hall–Kier alpha value is -1.09. The summed E-state index contributed by atoms with van der Waals surface area (Å²) in [7, 11) is 0. The number of aromatic nitrogens is 1. The lowest BCUT2D eigenvalue weighted by Gasteiger charge is -2.13. The standard InChI is InChI=1S/C13H23N3/c1-3-4-5-6-11(2)15-10-13-8-7-12(14)9-16-13/h7-9,11,15H,3-6,10,14H2,1-2H3. The van der Waals surface area contributed by atoms with Gasteiger partial charge in [0, 0.05) is 12.6 Å². The van der Waals surface area contributed by atoms with Crippen molar-refractivity contribution in [3.63, 3.8) is 0 Å². The van der Waals surface area contributed by atoms with Crippen LogP contribution in [0.4, 0.5) is 5.69 Å². The number of hydrogen-bond donors (Lipinski definition) is 2. The van der Waals surface area contributed by atoms with E-state index in [0.717, 1.165) is 17.9 Å². The highest BCUT2D eigenvalue weighted by atomic mass is 14.9. The first kappa shape index (κ1) is 13.0. The maximum atomic E-state index is 5.58. The van der Waals surface area contributed by atoms with Gasteiger partial charge >= 0.3 is 0 Å². The maximum absolute atomic E-state index is 5.58. The normalized spacial score (nSPS) is 12.6. The summed E-state index contributed by atoms with van der Waals surface area (Å²) in [5, 5.41) is 3.47. The summed E-state index contributed by atoms with van der Waals surface area (Å²) in [6.45, 7) is 5.29.